The Balaban J connectivity index is 2.40. The molecule has 1 aromatic heterocycles. The molecule has 4 heteroatoms. The average molecular weight is 350 g/mol. The minimum absolute atomic E-state index is 0.152. The maximum absolute atomic E-state index is 6.50. The van der Waals surface area contributed by atoms with E-state index in [0.29, 0.717) is 0 Å². The van der Waals surface area contributed by atoms with Gasteiger partial charge < -0.3 is 0 Å². The fraction of sp³-hybridized carbons (Fsp3) is 0.231. The quantitative estimate of drug-likeness (QED) is 0.574. The lowest BCUT2D eigenvalue weighted by Crippen LogP contribution is -1.91. The molecule has 0 fully saturated rings. The van der Waals surface area contributed by atoms with Crippen LogP contribution in [0.3, 0.4) is 0 Å². The van der Waals surface area contributed by atoms with Crippen molar-refractivity contribution in [3.05, 3.63) is 54.6 Å². The van der Waals surface area contributed by atoms with Gasteiger partial charge in [-0.2, -0.15) is 0 Å². The molecule has 0 aliphatic carbocycles. The summed E-state index contributed by atoms with van der Waals surface area (Å²) >= 11 is 17.9. The first-order valence-corrected chi connectivity index (χ1v) is 7.57. The predicted octanol–water partition coefficient (Wildman–Crippen LogP) is 6.11. The molecule has 0 aliphatic rings. The predicted molar refractivity (Wildman–Crippen MR) is 80.6 cm³/mol. The van der Waals surface area contributed by atoms with Crippen LogP contribution in [0.15, 0.2) is 28.7 Å². The van der Waals surface area contributed by atoms with Crippen molar-refractivity contribution >= 4 is 50.5 Å². The molecule has 1 aromatic carbocycles. The van der Waals surface area contributed by atoms with Crippen molar-refractivity contribution in [2.24, 2.45) is 0 Å². The molecular weight excluding hydrogens is 339 g/mol. The summed E-state index contributed by atoms with van der Waals surface area (Å²) in [7, 11) is 0. The normalized spacial score (nSPS) is 12.8. The summed E-state index contributed by atoms with van der Waals surface area (Å²) in [5, 5.41) is 0.610. The highest BCUT2D eigenvalue weighted by atomic mass is 79.9. The first-order valence-electron chi connectivity index (χ1n) is 5.15. The number of benzene rings is 1. The van der Waals surface area contributed by atoms with E-state index in [4.69, 9.17) is 23.2 Å². The Kier molecular flexibility index (Phi) is 4.19. The van der Waals surface area contributed by atoms with E-state index in [-0.39, 0.29) is 5.38 Å². The molecule has 17 heavy (non-hydrogen) atoms. The van der Waals surface area contributed by atoms with Crippen molar-refractivity contribution in [1.29, 1.82) is 0 Å². The number of hydrogen-bond acceptors (Lipinski definition) is 1. The molecule has 2 aromatic rings. The van der Waals surface area contributed by atoms with Gasteiger partial charge in [0.05, 0.1) is 5.38 Å². The summed E-state index contributed by atoms with van der Waals surface area (Å²) in [5.41, 5.74) is 2.10. The number of halogens is 3. The van der Waals surface area contributed by atoms with E-state index < -0.39 is 0 Å². The van der Waals surface area contributed by atoms with E-state index in [0.717, 1.165) is 25.5 Å². The lowest BCUT2D eigenvalue weighted by molar-refractivity contribution is 1.17. The maximum atomic E-state index is 6.50. The highest BCUT2D eigenvalue weighted by Crippen LogP contribution is 2.40. The number of alkyl halides is 1. The second kappa shape index (κ2) is 5.31. The first-order chi connectivity index (χ1) is 7.99. The van der Waals surface area contributed by atoms with Gasteiger partial charge in [0.2, 0.25) is 0 Å². The Morgan fingerprint density at radius 3 is 2.47 bits per heavy atom. The zero-order valence-electron chi connectivity index (χ0n) is 9.43. The summed E-state index contributed by atoms with van der Waals surface area (Å²) in [6, 6.07) is 8.06. The van der Waals surface area contributed by atoms with Gasteiger partial charge in [-0.25, -0.2) is 0 Å². The van der Waals surface area contributed by atoms with Crippen LogP contribution >= 0.6 is 50.5 Å². The number of aryl methyl sites for hydroxylation is 2. The van der Waals surface area contributed by atoms with E-state index in [1.54, 1.807) is 11.3 Å². The van der Waals surface area contributed by atoms with Gasteiger partial charge in [-0.05, 0) is 53.0 Å². The maximum Gasteiger partial charge on any atom is 0.0939 e. The summed E-state index contributed by atoms with van der Waals surface area (Å²) < 4.78 is 1.07. The van der Waals surface area contributed by atoms with E-state index in [2.05, 4.69) is 28.9 Å². The van der Waals surface area contributed by atoms with Crippen molar-refractivity contribution in [3.63, 3.8) is 0 Å². The lowest BCUT2D eigenvalue weighted by atomic mass is 10.1. The molecule has 0 amide bonds. The van der Waals surface area contributed by atoms with Crippen LogP contribution in [0.25, 0.3) is 0 Å². The van der Waals surface area contributed by atoms with Crippen molar-refractivity contribution in [2.75, 3.05) is 0 Å². The van der Waals surface area contributed by atoms with Gasteiger partial charge in [0.15, 0.2) is 0 Å². The zero-order valence-corrected chi connectivity index (χ0v) is 13.3. The summed E-state index contributed by atoms with van der Waals surface area (Å²) in [5.74, 6) is 0. The molecule has 0 N–H and O–H groups in total. The second-order valence-electron chi connectivity index (χ2n) is 3.94. The van der Waals surface area contributed by atoms with Crippen LogP contribution < -0.4 is 0 Å². The van der Waals surface area contributed by atoms with Gasteiger partial charge in [-0.1, -0.05) is 23.7 Å². The number of thiophene rings is 1. The van der Waals surface area contributed by atoms with Gasteiger partial charge in [-0.3, -0.25) is 0 Å². The van der Waals surface area contributed by atoms with E-state index in [1.165, 1.54) is 4.88 Å². The standard InChI is InChI=1S/C13H11BrCl2S/c1-7-3-4-9(6-11(7)15)12(16)13-10(14)5-8(2)17-13/h3-6,12H,1-2H3. The molecule has 0 aliphatic heterocycles. The third kappa shape index (κ3) is 2.87. The summed E-state index contributed by atoms with van der Waals surface area (Å²) in [6.07, 6.45) is 0. The van der Waals surface area contributed by atoms with Crippen molar-refractivity contribution < 1.29 is 0 Å². The molecule has 0 spiro atoms. The molecule has 0 saturated heterocycles. The molecule has 1 heterocycles. The minimum atomic E-state index is -0.152. The third-order valence-electron chi connectivity index (χ3n) is 2.56. The molecule has 2 rings (SSSR count). The largest absolute Gasteiger partial charge is 0.143 e. The van der Waals surface area contributed by atoms with Gasteiger partial charge in [0, 0.05) is 19.2 Å². The molecule has 0 saturated carbocycles. The van der Waals surface area contributed by atoms with Gasteiger partial charge >= 0.3 is 0 Å². The van der Waals surface area contributed by atoms with E-state index >= 15 is 0 Å². The van der Waals surface area contributed by atoms with E-state index in [9.17, 15) is 0 Å². The van der Waals surface area contributed by atoms with Crippen molar-refractivity contribution in [3.8, 4) is 0 Å². The SMILES string of the molecule is Cc1cc(Br)c(C(Cl)c2ccc(C)c(Cl)c2)s1. The van der Waals surface area contributed by atoms with Crippen LogP contribution in [0.2, 0.25) is 5.02 Å². The van der Waals surface area contributed by atoms with Crippen LogP contribution in [0, 0.1) is 13.8 Å². The second-order valence-corrected chi connectivity index (χ2v) is 6.93. The Morgan fingerprint density at radius 1 is 1.24 bits per heavy atom. The van der Waals surface area contributed by atoms with Crippen molar-refractivity contribution in [1.82, 2.24) is 0 Å². The van der Waals surface area contributed by atoms with Gasteiger partial charge in [0.1, 0.15) is 0 Å². The summed E-state index contributed by atoms with van der Waals surface area (Å²) in [6.45, 7) is 4.06. The first kappa shape index (κ1) is 13.4. The van der Waals surface area contributed by atoms with Crippen LogP contribution in [0.4, 0.5) is 0 Å². The van der Waals surface area contributed by atoms with E-state index in [1.807, 2.05) is 25.1 Å². The Morgan fingerprint density at radius 2 is 1.94 bits per heavy atom. The van der Waals surface area contributed by atoms with Gasteiger partial charge in [-0.15, -0.1) is 22.9 Å². The Bertz CT molecular complexity index is 548. The third-order valence-corrected chi connectivity index (χ3v) is 5.60. The van der Waals surface area contributed by atoms with Crippen LogP contribution in [0.5, 0.6) is 0 Å². The smallest absolute Gasteiger partial charge is 0.0939 e. The molecular formula is C13H11BrCl2S. The number of rotatable bonds is 2. The van der Waals surface area contributed by atoms with Crippen molar-refractivity contribution in [2.45, 2.75) is 19.2 Å². The molecule has 90 valence electrons. The molecule has 0 nitrogen and oxygen atoms in total. The topological polar surface area (TPSA) is 0 Å². The molecule has 0 radical (unpaired) electrons. The molecule has 1 unspecified atom stereocenters. The zero-order chi connectivity index (χ0) is 12.6. The van der Waals surface area contributed by atoms with Crippen LogP contribution in [0.1, 0.15) is 26.3 Å². The fourth-order valence-electron chi connectivity index (χ4n) is 1.59. The Hall–Kier alpha value is -0.0200. The number of hydrogen-bond donors (Lipinski definition) is 0. The molecule has 1 atom stereocenters. The lowest BCUT2D eigenvalue weighted by Gasteiger charge is -2.10. The monoisotopic (exact) mass is 348 g/mol. The molecule has 0 bridgehead atoms. The average Bonchev–Trinajstić information content (AvgIpc) is 2.61. The summed E-state index contributed by atoms with van der Waals surface area (Å²) in [4.78, 5) is 2.37. The fourth-order valence-corrected chi connectivity index (χ4v) is 4.19. The van der Waals surface area contributed by atoms with Crippen LogP contribution in [-0.4, -0.2) is 0 Å². The Labute approximate surface area is 124 Å². The van der Waals surface area contributed by atoms with Gasteiger partial charge in [0.25, 0.3) is 0 Å². The highest BCUT2D eigenvalue weighted by Gasteiger charge is 2.17. The minimum Gasteiger partial charge on any atom is -0.143 e. The van der Waals surface area contributed by atoms with Crippen LogP contribution in [-0.2, 0) is 0 Å². The highest BCUT2D eigenvalue weighted by molar-refractivity contribution is 9.10.